The van der Waals surface area contributed by atoms with E-state index < -0.39 is 11.7 Å². The first-order valence-electron chi connectivity index (χ1n) is 9.42. The Bertz CT molecular complexity index is 702. The molecular weight excluding hydrogens is 318 g/mol. The third-order valence-electron chi connectivity index (χ3n) is 6.60. The molecule has 4 aliphatic carbocycles. The number of benzene rings is 1. The van der Waals surface area contributed by atoms with Crippen LogP contribution < -0.4 is 14.8 Å². The molecule has 0 radical (unpaired) electrons. The van der Waals surface area contributed by atoms with Crippen LogP contribution in [0.1, 0.15) is 37.7 Å². The lowest BCUT2D eigenvalue weighted by Gasteiger charge is -2.58. The van der Waals surface area contributed by atoms with Gasteiger partial charge in [0.15, 0.2) is 11.5 Å². The lowest BCUT2D eigenvalue weighted by atomic mass is 9.52. The number of amides is 1. The van der Waals surface area contributed by atoms with Gasteiger partial charge in [0.2, 0.25) is 6.10 Å². The Balaban J connectivity index is 1.28. The van der Waals surface area contributed by atoms with Gasteiger partial charge in [0, 0.05) is 6.04 Å². The van der Waals surface area contributed by atoms with Crippen molar-refractivity contribution in [3.63, 3.8) is 0 Å². The molecule has 1 aromatic rings. The number of carbonyl (C=O) groups excluding carboxylic acids is 1. The Morgan fingerprint density at radius 3 is 2.68 bits per heavy atom. The molecule has 0 spiro atoms. The molecule has 1 aromatic carbocycles. The van der Waals surface area contributed by atoms with Crippen molar-refractivity contribution in [2.24, 2.45) is 17.8 Å². The van der Waals surface area contributed by atoms with E-state index in [1.807, 2.05) is 25.1 Å². The maximum atomic E-state index is 12.8. The van der Waals surface area contributed by atoms with Crippen molar-refractivity contribution in [2.45, 2.75) is 56.8 Å². The summed E-state index contributed by atoms with van der Waals surface area (Å²) in [6, 6.07) is 5.93. The van der Waals surface area contributed by atoms with Gasteiger partial charge in [-0.05, 0) is 74.5 Å². The lowest BCUT2D eigenvalue weighted by molar-refractivity contribution is -0.150. The highest BCUT2D eigenvalue weighted by molar-refractivity contribution is 5.82. The van der Waals surface area contributed by atoms with E-state index in [2.05, 4.69) is 5.32 Å². The number of rotatable bonds is 2. The predicted octanol–water partition coefficient (Wildman–Crippen LogP) is 2.19. The lowest BCUT2D eigenvalue weighted by Crippen LogP contribution is -2.63. The van der Waals surface area contributed by atoms with Crippen molar-refractivity contribution in [1.29, 1.82) is 0 Å². The average Bonchev–Trinajstić information content (AvgIpc) is 2.56. The molecule has 6 atom stereocenters. The van der Waals surface area contributed by atoms with Gasteiger partial charge in [0.1, 0.15) is 6.61 Å². The van der Waals surface area contributed by atoms with Crippen molar-refractivity contribution in [1.82, 2.24) is 5.32 Å². The minimum Gasteiger partial charge on any atom is -0.485 e. The molecule has 2 N–H and O–H groups in total. The van der Waals surface area contributed by atoms with E-state index in [1.54, 1.807) is 0 Å². The smallest absolute Gasteiger partial charge is 0.264 e. The number of fused-ring (bicyclic) bond motifs is 1. The van der Waals surface area contributed by atoms with Gasteiger partial charge in [0.25, 0.3) is 5.91 Å². The Hall–Kier alpha value is -1.75. The molecule has 4 unspecified atom stereocenters. The number of aryl methyl sites for hydroxylation is 1. The van der Waals surface area contributed by atoms with E-state index in [4.69, 9.17) is 9.47 Å². The fraction of sp³-hybridized carbons (Fsp3) is 0.650. The van der Waals surface area contributed by atoms with Gasteiger partial charge in [-0.3, -0.25) is 4.79 Å². The van der Waals surface area contributed by atoms with E-state index in [0.717, 1.165) is 37.7 Å². The zero-order valence-corrected chi connectivity index (χ0v) is 14.5. The van der Waals surface area contributed by atoms with Crippen LogP contribution in [-0.2, 0) is 4.79 Å². The first-order valence-corrected chi connectivity index (χ1v) is 9.42. The quantitative estimate of drug-likeness (QED) is 0.864. The molecule has 6 rings (SSSR count). The van der Waals surface area contributed by atoms with Crippen LogP contribution in [0, 0.1) is 24.7 Å². The number of hydrogen-bond acceptors (Lipinski definition) is 4. The first-order chi connectivity index (χ1) is 12.0. The maximum absolute atomic E-state index is 12.8. The second-order valence-corrected chi connectivity index (χ2v) is 8.60. The highest BCUT2D eigenvalue weighted by Crippen LogP contribution is 2.55. The number of nitrogens with one attached hydrogen (secondary N) is 1. The normalized spacial score (nSPS) is 40.8. The summed E-state index contributed by atoms with van der Waals surface area (Å²) >= 11 is 0. The maximum Gasteiger partial charge on any atom is 0.264 e. The molecule has 0 saturated heterocycles. The zero-order valence-electron chi connectivity index (χ0n) is 14.5. The van der Waals surface area contributed by atoms with Crippen molar-refractivity contribution in [3.8, 4) is 11.5 Å². The summed E-state index contributed by atoms with van der Waals surface area (Å²) in [5, 5.41) is 13.9. The summed E-state index contributed by atoms with van der Waals surface area (Å²) < 4.78 is 11.6. The molecule has 4 saturated carbocycles. The molecule has 5 nitrogen and oxygen atoms in total. The average molecular weight is 343 g/mol. The standard InChI is InChI=1S/C20H25NO4/c1-11-2-3-15-16(4-11)24-10-17(25-15)19(22)21-18-13-5-12-6-14(18)9-20(23,7-12)8-13/h2-4,12-14,17-18,23H,5-10H2,1H3,(H,21,22)/t12?,13-,14+,17?,18?,20?. The van der Waals surface area contributed by atoms with Gasteiger partial charge < -0.3 is 19.9 Å². The number of ether oxygens (including phenoxy) is 2. The minimum atomic E-state index is -0.601. The van der Waals surface area contributed by atoms with Gasteiger partial charge in [-0.25, -0.2) is 0 Å². The zero-order chi connectivity index (χ0) is 17.2. The van der Waals surface area contributed by atoms with Gasteiger partial charge in [-0.1, -0.05) is 6.07 Å². The molecule has 5 heteroatoms. The number of hydrogen-bond donors (Lipinski definition) is 2. The molecule has 25 heavy (non-hydrogen) atoms. The monoisotopic (exact) mass is 343 g/mol. The fourth-order valence-electron chi connectivity index (χ4n) is 5.78. The van der Waals surface area contributed by atoms with E-state index in [9.17, 15) is 9.90 Å². The van der Waals surface area contributed by atoms with Gasteiger partial charge in [0.05, 0.1) is 5.60 Å². The topological polar surface area (TPSA) is 67.8 Å². The fourth-order valence-corrected chi connectivity index (χ4v) is 5.78. The highest BCUT2D eigenvalue weighted by Gasteiger charge is 2.55. The summed E-state index contributed by atoms with van der Waals surface area (Å²) in [7, 11) is 0. The predicted molar refractivity (Wildman–Crippen MR) is 91.5 cm³/mol. The molecule has 4 bridgehead atoms. The van der Waals surface area contributed by atoms with Crippen LogP contribution >= 0.6 is 0 Å². The van der Waals surface area contributed by atoms with Gasteiger partial charge >= 0.3 is 0 Å². The van der Waals surface area contributed by atoms with E-state index >= 15 is 0 Å². The van der Waals surface area contributed by atoms with E-state index in [0.29, 0.717) is 29.3 Å². The third kappa shape index (κ3) is 2.60. The Labute approximate surface area is 147 Å². The van der Waals surface area contributed by atoms with E-state index in [1.165, 1.54) is 0 Å². The molecular formula is C20H25NO4. The Kier molecular flexibility index (Phi) is 3.33. The first kappa shape index (κ1) is 15.5. The molecule has 1 aliphatic heterocycles. The summed E-state index contributed by atoms with van der Waals surface area (Å²) in [6.45, 7) is 2.25. The van der Waals surface area contributed by atoms with Crippen LogP contribution in [0.3, 0.4) is 0 Å². The van der Waals surface area contributed by atoms with Crippen LogP contribution in [0.15, 0.2) is 18.2 Å². The number of carbonyl (C=O) groups is 1. The third-order valence-corrected chi connectivity index (χ3v) is 6.60. The second kappa shape index (κ2) is 5.37. The van der Waals surface area contributed by atoms with Gasteiger partial charge in [-0.2, -0.15) is 0 Å². The van der Waals surface area contributed by atoms with Crippen LogP contribution in [0.5, 0.6) is 11.5 Å². The van der Waals surface area contributed by atoms with Gasteiger partial charge in [-0.15, -0.1) is 0 Å². The van der Waals surface area contributed by atoms with Crippen LogP contribution in [-0.4, -0.2) is 35.4 Å². The minimum absolute atomic E-state index is 0.0873. The van der Waals surface area contributed by atoms with Crippen LogP contribution in [0.2, 0.25) is 0 Å². The molecule has 4 fully saturated rings. The van der Waals surface area contributed by atoms with Crippen molar-refractivity contribution >= 4 is 5.91 Å². The van der Waals surface area contributed by atoms with Crippen LogP contribution in [0.25, 0.3) is 0 Å². The van der Waals surface area contributed by atoms with E-state index in [-0.39, 0.29) is 18.6 Å². The Morgan fingerprint density at radius 1 is 1.20 bits per heavy atom. The van der Waals surface area contributed by atoms with Crippen molar-refractivity contribution in [3.05, 3.63) is 23.8 Å². The Morgan fingerprint density at radius 2 is 1.96 bits per heavy atom. The summed E-state index contributed by atoms with van der Waals surface area (Å²) in [5.41, 5.74) is 0.635. The molecule has 1 amide bonds. The van der Waals surface area contributed by atoms with Crippen molar-refractivity contribution in [2.75, 3.05) is 6.61 Å². The van der Waals surface area contributed by atoms with Crippen molar-refractivity contribution < 1.29 is 19.4 Å². The van der Waals surface area contributed by atoms with Crippen LogP contribution in [0.4, 0.5) is 0 Å². The molecule has 1 heterocycles. The summed E-state index contributed by atoms with van der Waals surface area (Å²) in [4.78, 5) is 12.8. The second-order valence-electron chi connectivity index (χ2n) is 8.60. The highest BCUT2D eigenvalue weighted by atomic mass is 16.6. The molecule has 5 aliphatic rings. The number of aliphatic hydroxyl groups is 1. The SMILES string of the molecule is Cc1ccc2c(c1)OCC(C(=O)NC1[C@@H]3CC4C[C@H]1CC(O)(C4)C3)O2. The summed E-state index contributed by atoms with van der Waals surface area (Å²) in [5.74, 6) is 2.70. The molecule has 134 valence electrons. The molecule has 0 aromatic heterocycles. The largest absolute Gasteiger partial charge is 0.485 e. The summed E-state index contributed by atoms with van der Waals surface area (Å²) in [6.07, 6.45) is 4.28.